The summed E-state index contributed by atoms with van der Waals surface area (Å²) in [4.78, 5) is 11.8. The van der Waals surface area contributed by atoms with Gasteiger partial charge in [0.15, 0.2) is 0 Å². The van der Waals surface area contributed by atoms with E-state index in [1.54, 1.807) is 26.8 Å². The van der Waals surface area contributed by atoms with Crippen molar-refractivity contribution < 1.29 is 30.0 Å². The van der Waals surface area contributed by atoms with Gasteiger partial charge in [-0.2, -0.15) is 0 Å². The topological polar surface area (TPSA) is 107 Å². The van der Waals surface area contributed by atoms with Crippen molar-refractivity contribution in [3.63, 3.8) is 0 Å². The van der Waals surface area contributed by atoms with Crippen molar-refractivity contribution in [3.05, 3.63) is 47.3 Å². The van der Waals surface area contributed by atoms with Crippen molar-refractivity contribution in [3.8, 4) is 0 Å². The molecule has 0 amide bonds. The first kappa shape index (κ1) is 24.3. The molecule has 28 heavy (non-hydrogen) atoms. The summed E-state index contributed by atoms with van der Waals surface area (Å²) in [5, 5.41) is 39.4. The molecule has 0 fully saturated rings. The Morgan fingerprint density at radius 2 is 1.86 bits per heavy atom. The largest absolute Gasteiger partial charge is 0.459 e. The molecule has 1 rings (SSSR count). The Balaban J connectivity index is 2.40. The number of carbonyl (C=O) groups excluding carboxylic acids is 1. The Kier molecular flexibility index (Phi) is 9.30. The van der Waals surface area contributed by atoms with Gasteiger partial charge in [0.2, 0.25) is 5.78 Å². The molecule has 0 aromatic heterocycles. The molecule has 0 bridgehead atoms. The third-order valence-electron chi connectivity index (χ3n) is 4.72. The molecule has 158 valence electrons. The summed E-state index contributed by atoms with van der Waals surface area (Å²) in [5.41, 5.74) is 1.09. The van der Waals surface area contributed by atoms with Gasteiger partial charge in [-0.05, 0) is 39.2 Å². The molecule has 6 nitrogen and oxygen atoms in total. The quantitative estimate of drug-likeness (QED) is 0.335. The number of ketones is 1. The van der Waals surface area contributed by atoms with Crippen LogP contribution in [0.15, 0.2) is 47.3 Å². The van der Waals surface area contributed by atoms with E-state index in [1.807, 2.05) is 31.2 Å². The molecule has 1 heterocycles. The minimum Gasteiger partial charge on any atom is -0.459 e. The van der Waals surface area contributed by atoms with E-state index in [9.17, 15) is 25.2 Å². The zero-order chi connectivity index (χ0) is 21.5. The van der Waals surface area contributed by atoms with Crippen molar-refractivity contribution in [1.29, 1.82) is 0 Å². The number of carbonyl (C=O) groups is 1. The minimum absolute atomic E-state index is 0.0926. The summed E-state index contributed by atoms with van der Waals surface area (Å²) in [6.07, 6.45) is 8.54. The number of aliphatic hydroxyl groups is 4. The van der Waals surface area contributed by atoms with Gasteiger partial charge in [0.25, 0.3) is 5.79 Å². The molecule has 6 heteroatoms. The second-order valence-electron chi connectivity index (χ2n) is 7.67. The van der Waals surface area contributed by atoms with Crippen LogP contribution in [0, 0.1) is 5.92 Å². The van der Waals surface area contributed by atoms with Gasteiger partial charge in [-0.1, -0.05) is 37.3 Å². The molecule has 5 atom stereocenters. The van der Waals surface area contributed by atoms with E-state index in [4.69, 9.17) is 4.74 Å². The van der Waals surface area contributed by atoms with Gasteiger partial charge in [-0.25, -0.2) is 0 Å². The van der Waals surface area contributed by atoms with Crippen molar-refractivity contribution >= 4 is 5.78 Å². The Hall–Kier alpha value is -1.73. The molecule has 4 N–H and O–H groups in total. The third-order valence-corrected chi connectivity index (χ3v) is 4.72. The van der Waals surface area contributed by atoms with Crippen LogP contribution < -0.4 is 0 Å². The standard InChI is InChI=1S/C22H34O6/c1-14(20(25)15(2)12-16(3)23)10-8-6-7-9-11-18(24)13-19-17(4)21(26)22(5,27)28-19/h6-8,10,12,14,16,18,20,23-25,27H,9,11,13H2,1-5H3/b7-6+,10-8+,15-12+/t14-,16-,18-,20-,22?/m1/s1. The van der Waals surface area contributed by atoms with Crippen LogP contribution in [-0.4, -0.2) is 50.3 Å². The lowest BCUT2D eigenvalue weighted by Crippen LogP contribution is -2.32. The Labute approximate surface area is 167 Å². The van der Waals surface area contributed by atoms with Crippen LogP contribution in [0.1, 0.15) is 53.9 Å². The van der Waals surface area contributed by atoms with Gasteiger partial charge in [-0.15, -0.1) is 0 Å². The van der Waals surface area contributed by atoms with Crippen molar-refractivity contribution in [1.82, 2.24) is 0 Å². The molecule has 0 saturated heterocycles. The molecule has 1 aliphatic heterocycles. The van der Waals surface area contributed by atoms with Crippen LogP contribution in [0.5, 0.6) is 0 Å². The second kappa shape index (κ2) is 10.7. The zero-order valence-electron chi connectivity index (χ0n) is 17.4. The zero-order valence-corrected chi connectivity index (χ0v) is 17.4. The number of allylic oxidation sites excluding steroid dienone is 3. The van der Waals surface area contributed by atoms with Gasteiger partial charge in [0.1, 0.15) is 5.76 Å². The highest BCUT2D eigenvalue weighted by atomic mass is 16.6. The summed E-state index contributed by atoms with van der Waals surface area (Å²) >= 11 is 0. The molecular formula is C22H34O6. The molecule has 0 spiro atoms. The van der Waals surface area contributed by atoms with Gasteiger partial charge in [0, 0.05) is 24.8 Å². The number of ether oxygens (including phenoxy) is 1. The van der Waals surface area contributed by atoms with Crippen molar-refractivity contribution in [2.24, 2.45) is 5.92 Å². The molecule has 0 aromatic rings. The number of Topliss-reactive ketones (excluding diaryl/α,β-unsaturated/α-hetero) is 1. The molecule has 1 unspecified atom stereocenters. The second-order valence-corrected chi connectivity index (χ2v) is 7.67. The molecular weight excluding hydrogens is 360 g/mol. The van der Waals surface area contributed by atoms with Crippen molar-refractivity contribution in [2.75, 3.05) is 0 Å². The smallest absolute Gasteiger partial charge is 0.269 e. The molecule has 0 aromatic carbocycles. The average molecular weight is 395 g/mol. The number of hydrogen-bond acceptors (Lipinski definition) is 6. The molecule has 0 radical (unpaired) electrons. The fraction of sp³-hybridized carbons (Fsp3) is 0.591. The predicted molar refractivity (Wildman–Crippen MR) is 108 cm³/mol. The van der Waals surface area contributed by atoms with Crippen LogP contribution in [0.25, 0.3) is 0 Å². The van der Waals surface area contributed by atoms with Gasteiger partial charge >= 0.3 is 0 Å². The lowest BCUT2D eigenvalue weighted by molar-refractivity contribution is -0.171. The number of aliphatic hydroxyl groups excluding tert-OH is 3. The Bertz CT molecular complexity index is 654. The van der Waals surface area contributed by atoms with E-state index in [0.29, 0.717) is 24.2 Å². The van der Waals surface area contributed by atoms with Gasteiger partial charge in [-0.3, -0.25) is 4.79 Å². The first-order chi connectivity index (χ1) is 13.0. The van der Waals surface area contributed by atoms with Gasteiger partial charge in [0.05, 0.1) is 18.3 Å². The summed E-state index contributed by atoms with van der Waals surface area (Å²) < 4.78 is 5.23. The summed E-state index contributed by atoms with van der Waals surface area (Å²) in [5.74, 6) is -2.04. The maximum atomic E-state index is 11.8. The highest BCUT2D eigenvalue weighted by molar-refractivity contribution is 6.02. The summed E-state index contributed by atoms with van der Waals surface area (Å²) in [6.45, 7) is 8.21. The van der Waals surface area contributed by atoms with E-state index >= 15 is 0 Å². The van der Waals surface area contributed by atoms with Crippen LogP contribution in [0.2, 0.25) is 0 Å². The Morgan fingerprint density at radius 3 is 2.39 bits per heavy atom. The monoisotopic (exact) mass is 394 g/mol. The molecule has 1 aliphatic rings. The lowest BCUT2D eigenvalue weighted by atomic mass is 9.97. The van der Waals surface area contributed by atoms with Gasteiger partial charge < -0.3 is 25.2 Å². The van der Waals surface area contributed by atoms with Crippen LogP contribution in [0.4, 0.5) is 0 Å². The van der Waals surface area contributed by atoms with Crippen LogP contribution in [-0.2, 0) is 9.53 Å². The van der Waals surface area contributed by atoms with E-state index in [2.05, 4.69) is 0 Å². The van der Waals surface area contributed by atoms with Crippen LogP contribution in [0.3, 0.4) is 0 Å². The highest BCUT2D eigenvalue weighted by Gasteiger charge is 2.42. The summed E-state index contributed by atoms with van der Waals surface area (Å²) in [7, 11) is 0. The van der Waals surface area contributed by atoms with E-state index in [1.165, 1.54) is 6.92 Å². The first-order valence-electron chi connectivity index (χ1n) is 9.67. The van der Waals surface area contributed by atoms with E-state index < -0.39 is 29.9 Å². The van der Waals surface area contributed by atoms with E-state index in [0.717, 1.165) is 5.57 Å². The van der Waals surface area contributed by atoms with Crippen LogP contribution >= 0.6 is 0 Å². The SMILES string of the molecule is CC1=C(C[C@H](O)CC/C=C/C=C/[C@@H](C)[C@@H](O)/C(C)=C/[C@@H](C)O)OC(C)(O)C1=O. The number of rotatable bonds is 10. The maximum absolute atomic E-state index is 11.8. The normalized spacial score (nSPS) is 25.5. The fourth-order valence-corrected chi connectivity index (χ4v) is 3.05. The number of hydrogen-bond donors (Lipinski definition) is 4. The lowest BCUT2D eigenvalue weighted by Gasteiger charge is -2.17. The van der Waals surface area contributed by atoms with E-state index in [-0.39, 0.29) is 12.3 Å². The third kappa shape index (κ3) is 7.36. The highest BCUT2D eigenvalue weighted by Crippen LogP contribution is 2.31. The minimum atomic E-state index is -1.83. The van der Waals surface area contributed by atoms with Crippen molar-refractivity contribution in [2.45, 2.75) is 78.0 Å². The molecule has 0 saturated carbocycles. The Morgan fingerprint density at radius 1 is 1.21 bits per heavy atom. The summed E-state index contributed by atoms with van der Waals surface area (Å²) in [6, 6.07) is 0. The molecule has 0 aliphatic carbocycles. The average Bonchev–Trinajstić information content (AvgIpc) is 2.79. The maximum Gasteiger partial charge on any atom is 0.269 e. The first-order valence-corrected chi connectivity index (χ1v) is 9.67. The fourth-order valence-electron chi connectivity index (χ4n) is 3.05. The predicted octanol–water partition coefficient (Wildman–Crippen LogP) is 2.54.